The first-order valence-corrected chi connectivity index (χ1v) is 6.88. The minimum atomic E-state index is -0.00110. The van der Waals surface area contributed by atoms with E-state index in [1.165, 1.54) is 11.1 Å². The number of para-hydroxylation sites is 1. The van der Waals surface area contributed by atoms with E-state index in [0.717, 1.165) is 17.2 Å². The van der Waals surface area contributed by atoms with E-state index in [-0.39, 0.29) is 5.54 Å². The van der Waals surface area contributed by atoms with Gasteiger partial charge in [-0.15, -0.1) is 0 Å². The van der Waals surface area contributed by atoms with Crippen LogP contribution in [0.5, 0.6) is 11.5 Å². The van der Waals surface area contributed by atoms with E-state index < -0.39 is 0 Å². The lowest BCUT2D eigenvalue weighted by molar-refractivity contribution is 0.482. The summed E-state index contributed by atoms with van der Waals surface area (Å²) in [6.07, 6.45) is 2.25. The van der Waals surface area contributed by atoms with Crippen molar-refractivity contribution in [2.45, 2.75) is 26.3 Å². The van der Waals surface area contributed by atoms with Gasteiger partial charge in [0.25, 0.3) is 0 Å². The SMILES string of the molecule is CC1=CC(C)(C)Nc2ccc(Oc3ccccc3)cc21. The number of hydrogen-bond acceptors (Lipinski definition) is 2. The van der Waals surface area contributed by atoms with Gasteiger partial charge in [0.05, 0.1) is 5.54 Å². The van der Waals surface area contributed by atoms with E-state index >= 15 is 0 Å². The van der Waals surface area contributed by atoms with Crippen molar-refractivity contribution >= 4 is 11.3 Å². The summed E-state index contributed by atoms with van der Waals surface area (Å²) in [5.74, 6) is 1.72. The summed E-state index contributed by atoms with van der Waals surface area (Å²) in [7, 11) is 0. The van der Waals surface area contributed by atoms with Gasteiger partial charge in [0.15, 0.2) is 0 Å². The molecule has 2 aromatic rings. The highest BCUT2D eigenvalue weighted by atomic mass is 16.5. The molecule has 1 aliphatic heterocycles. The Hall–Kier alpha value is -2.22. The average molecular weight is 265 g/mol. The van der Waals surface area contributed by atoms with Gasteiger partial charge >= 0.3 is 0 Å². The van der Waals surface area contributed by atoms with E-state index in [1.54, 1.807) is 0 Å². The largest absolute Gasteiger partial charge is 0.457 e. The van der Waals surface area contributed by atoms with Crippen molar-refractivity contribution < 1.29 is 4.74 Å². The van der Waals surface area contributed by atoms with E-state index in [1.807, 2.05) is 36.4 Å². The number of allylic oxidation sites excluding steroid dienone is 1. The van der Waals surface area contributed by atoms with Crippen LogP contribution in [0.1, 0.15) is 26.3 Å². The highest BCUT2D eigenvalue weighted by Gasteiger charge is 2.22. The van der Waals surface area contributed by atoms with Crippen LogP contribution in [-0.4, -0.2) is 5.54 Å². The third kappa shape index (κ3) is 2.55. The van der Waals surface area contributed by atoms with Gasteiger partial charge in [0, 0.05) is 11.3 Å². The van der Waals surface area contributed by atoms with Gasteiger partial charge < -0.3 is 10.1 Å². The first-order chi connectivity index (χ1) is 9.53. The van der Waals surface area contributed by atoms with Crippen molar-refractivity contribution in [1.82, 2.24) is 0 Å². The van der Waals surface area contributed by atoms with Gasteiger partial charge in [-0.05, 0) is 56.7 Å². The second-order valence-corrected chi connectivity index (χ2v) is 5.80. The topological polar surface area (TPSA) is 21.3 Å². The van der Waals surface area contributed by atoms with E-state index in [0.29, 0.717) is 0 Å². The monoisotopic (exact) mass is 265 g/mol. The molecule has 2 nitrogen and oxygen atoms in total. The highest BCUT2D eigenvalue weighted by Crippen LogP contribution is 2.36. The normalized spacial score (nSPS) is 15.8. The smallest absolute Gasteiger partial charge is 0.128 e. The van der Waals surface area contributed by atoms with Crippen LogP contribution < -0.4 is 10.1 Å². The first-order valence-electron chi connectivity index (χ1n) is 6.88. The zero-order chi connectivity index (χ0) is 14.2. The van der Waals surface area contributed by atoms with Crippen LogP contribution in [0.2, 0.25) is 0 Å². The lowest BCUT2D eigenvalue weighted by Gasteiger charge is -2.31. The second kappa shape index (κ2) is 4.71. The van der Waals surface area contributed by atoms with Gasteiger partial charge in [0.1, 0.15) is 11.5 Å². The van der Waals surface area contributed by atoms with Crippen molar-refractivity contribution in [3.8, 4) is 11.5 Å². The Morgan fingerprint density at radius 1 is 0.950 bits per heavy atom. The molecule has 20 heavy (non-hydrogen) atoms. The quantitative estimate of drug-likeness (QED) is 0.817. The van der Waals surface area contributed by atoms with Crippen LogP contribution in [0, 0.1) is 0 Å². The van der Waals surface area contributed by atoms with Crippen LogP contribution in [0.3, 0.4) is 0 Å². The van der Waals surface area contributed by atoms with Gasteiger partial charge in [-0.25, -0.2) is 0 Å². The molecule has 0 atom stereocenters. The molecule has 0 spiro atoms. The first kappa shape index (κ1) is 12.8. The van der Waals surface area contributed by atoms with Crippen LogP contribution >= 0.6 is 0 Å². The number of nitrogens with one attached hydrogen (secondary N) is 1. The second-order valence-electron chi connectivity index (χ2n) is 5.80. The molecule has 0 unspecified atom stereocenters. The maximum Gasteiger partial charge on any atom is 0.128 e. The van der Waals surface area contributed by atoms with Crippen molar-refractivity contribution in [3.05, 3.63) is 60.2 Å². The molecule has 1 heterocycles. The lowest BCUT2D eigenvalue weighted by atomic mass is 9.91. The molecule has 102 valence electrons. The lowest BCUT2D eigenvalue weighted by Crippen LogP contribution is -2.31. The van der Waals surface area contributed by atoms with Crippen molar-refractivity contribution in [3.63, 3.8) is 0 Å². The van der Waals surface area contributed by atoms with Crippen molar-refractivity contribution in [1.29, 1.82) is 0 Å². The van der Waals surface area contributed by atoms with Crippen molar-refractivity contribution in [2.24, 2.45) is 0 Å². The highest BCUT2D eigenvalue weighted by molar-refractivity contribution is 5.81. The maximum atomic E-state index is 5.89. The van der Waals surface area contributed by atoms with Gasteiger partial charge in [-0.2, -0.15) is 0 Å². The van der Waals surface area contributed by atoms with Crippen LogP contribution in [0.25, 0.3) is 5.57 Å². The molecule has 3 rings (SSSR count). The molecule has 0 bridgehead atoms. The summed E-state index contributed by atoms with van der Waals surface area (Å²) in [6, 6.07) is 16.0. The maximum absolute atomic E-state index is 5.89. The fourth-order valence-corrected chi connectivity index (χ4v) is 2.65. The molecule has 0 amide bonds. The molecular weight excluding hydrogens is 246 g/mol. The fourth-order valence-electron chi connectivity index (χ4n) is 2.65. The molecule has 2 aromatic carbocycles. The molecule has 0 saturated heterocycles. The molecule has 2 heteroatoms. The zero-order valence-electron chi connectivity index (χ0n) is 12.1. The van der Waals surface area contributed by atoms with Crippen LogP contribution in [0.4, 0.5) is 5.69 Å². The number of benzene rings is 2. The summed E-state index contributed by atoms with van der Waals surface area (Å²) >= 11 is 0. The molecule has 0 radical (unpaired) electrons. The van der Waals surface area contributed by atoms with E-state index in [2.05, 4.69) is 44.3 Å². The number of anilines is 1. The molecule has 1 aliphatic rings. The molecule has 1 N–H and O–H groups in total. The minimum absolute atomic E-state index is 0.00110. The summed E-state index contributed by atoms with van der Waals surface area (Å²) in [4.78, 5) is 0. The Labute approximate surface area is 120 Å². The Balaban J connectivity index is 1.93. The van der Waals surface area contributed by atoms with Crippen LogP contribution in [-0.2, 0) is 0 Å². The zero-order valence-corrected chi connectivity index (χ0v) is 12.1. The molecule has 0 aliphatic carbocycles. The summed E-state index contributed by atoms with van der Waals surface area (Å²) in [5.41, 5.74) is 3.65. The Morgan fingerprint density at radius 2 is 1.70 bits per heavy atom. The molecule has 0 saturated carbocycles. The van der Waals surface area contributed by atoms with E-state index in [9.17, 15) is 0 Å². The summed E-state index contributed by atoms with van der Waals surface area (Å²) in [5, 5.41) is 3.53. The van der Waals surface area contributed by atoms with Gasteiger partial charge in [-0.3, -0.25) is 0 Å². The Morgan fingerprint density at radius 3 is 2.45 bits per heavy atom. The molecule has 0 fully saturated rings. The summed E-state index contributed by atoms with van der Waals surface area (Å²) in [6.45, 7) is 6.50. The fraction of sp³-hybridized carbons (Fsp3) is 0.222. The van der Waals surface area contributed by atoms with Crippen molar-refractivity contribution in [2.75, 3.05) is 5.32 Å². The number of rotatable bonds is 2. The van der Waals surface area contributed by atoms with E-state index in [4.69, 9.17) is 4.74 Å². The Bertz CT molecular complexity index is 656. The summed E-state index contributed by atoms with van der Waals surface area (Å²) < 4.78 is 5.89. The Kier molecular flexibility index (Phi) is 3.01. The predicted molar refractivity (Wildman–Crippen MR) is 84.3 cm³/mol. The van der Waals surface area contributed by atoms with Crippen LogP contribution in [0.15, 0.2) is 54.6 Å². The third-order valence-electron chi connectivity index (χ3n) is 3.43. The van der Waals surface area contributed by atoms with Gasteiger partial charge in [-0.1, -0.05) is 24.3 Å². The predicted octanol–water partition coefficient (Wildman–Crippen LogP) is 5.09. The number of hydrogen-bond donors (Lipinski definition) is 1. The van der Waals surface area contributed by atoms with Gasteiger partial charge in [0.2, 0.25) is 0 Å². The number of ether oxygens (including phenoxy) is 1. The minimum Gasteiger partial charge on any atom is -0.457 e. The number of fused-ring (bicyclic) bond motifs is 1. The third-order valence-corrected chi connectivity index (χ3v) is 3.43. The standard InChI is InChI=1S/C18H19NO/c1-13-12-18(2,3)19-17-10-9-15(11-16(13)17)20-14-7-5-4-6-8-14/h4-12,19H,1-3H3. The molecule has 0 aromatic heterocycles. The molecular formula is C18H19NO. The average Bonchev–Trinajstić information content (AvgIpc) is 2.40.